The molecule has 0 aliphatic heterocycles. The monoisotopic (exact) mass is 381 g/mol. The molecule has 0 fully saturated rings. The Labute approximate surface area is 168 Å². The van der Waals surface area contributed by atoms with Crippen LogP contribution in [-0.2, 0) is 4.79 Å². The van der Waals surface area contributed by atoms with Crippen molar-refractivity contribution >= 4 is 17.5 Å². The van der Waals surface area contributed by atoms with Gasteiger partial charge in [0.1, 0.15) is 0 Å². The molecule has 2 rings (SSSR count). The van der Waals surface area contributed by atoms with Crippen molar-refractivity contribution in [2.75, 3.05) is 5.32 Å². The molecule has 0 atom stereocenters. The standard InChI is InChI=1S/C23H31N3O2/c1-15(2)26(16(3)4)21(27)19-14-24-13-12-17(19)18-10-8-9-11-20(18)25-22(28)23(5,6)7/h8-16H,1-7H3,(H,25,28). The van der Waals surface area contributed by atoms with Crippen LogP contribution in [0, 0.1) is 5.41 Å². The summed E-state index contributed by atoms with van der Waals surface area (Å²) in [6.45, 7) is 13.6. The third-order valence-corrected chi connectivity index (χ3v) is 4.55. The van der Waals surface area contributed by atoms with E-state index in [9.17, 15) is 9.59 Å². The molecule has 0 saturated carbocycles. The molecule has 0 spiro atoms. The summed E-state index contributed by atoms with van der Waals surface area (Å²) in [4.78, 5) is 31.9. The Morgan fingerprint density at radius 2 is 1.57 bits per heavy atom. The van der Waals surface area contributed by atoms with Gasteiger partial charge in [-0.15, -0.1) is 0 Å². The summed E-state index contributed by atoms with van der Waals surface area (Å²) >= 11 is 0. The van der Waals surface area contributed by atoms with Crippen molar-refractivity contribution in [3.8, 4) is 11.1 Å². The van der Waals surface area contributed by atoms with Crippen molar-refractivity contribution in [1.29, 1.82) is 0 Å². The van der Waals surface area contributed by atoms with Crippen LogP contribution in [0.2, 0.25) is 0 Å². The number of rotatable bonds is 5. The zero-order valence-corrected chi connectivity index (χ0v) is 17.9. The Bertz CT molecular complexity index is 843. The first-order chi connectivity index (χ1) is 13.0. The number of carbonyl (C=O) groups is 2. The van der Waals surface area contributed by atoms with Crippen molar-refractivity contribution in [3.63, 3.8) is 0 Å². The highest BCUT2D eigenvalue weighted by Gasteiger charge is 2.26. The van der Waals surface area contributed by atoms with Gasteiger partial charge in [0.25, 0.3) is 5.91 Å². The van der Waals surface area contributed by atoms with Crippen molar-refractivity contribution in [1.82, 2.24) is 9.88 Å². The minimum atomic E-state index is -0.518. The van der Waals surface area contributed by atoms with Gasteiger partial charge in [-0.25, -0.2) is 0 Å². The topological polar surface area (TPSA) is 62.3 Å². The highest BCUT2D eigenvalue weighted by atomic mass is 16.2. The third-order valence-electron chi connectivity index (χ3n) is 4.55. The van der Waals surface area contributed by atoms with Gasteiger partial charge in [0.15, 0.2) is 0 Å². The molecule has 0 radical (unpaired) electrons. The highest BCUT2D eigenvalue weighted by molar-refractivity contribution is 6.04. The summed E-state index contributed by atoms with van der Waals surface area (Å²) in [5.74, 6) is -0.141. The van der Waals surface area contributed by atoms with E-state index in [2.05, 4.69) is 10.3 Å². The zero-order valence-electron chi connectivity index (χ0n) is 17.9. The van der Waals surface area contributed by atoms with Crippen LogP contribution < -0.4 is 5.32 Å². The molecule has 0 aliphatic carbocycles. The second-order valence-corrected chi connectivity index (χ2v) is 8.57. The van der Waals surface area contributed by atoms with Crippen LogP contribution >= 0.6 is 0 Å². The number of aromatic nitrogens is 1. The minimum absolute atomic E-state index is 0.0648. The lowest BCUT2D eigenvalue weighted by molar-refractivity contribution is -0.123. The number of amides is 2. The Kier molecular flexibility index (Phi) is 6.60. The Morgan fingerprint density at radius 3 is 2.14 bits per heavy atom. The van der Waals surface area contributed by atoms with E-state index in [1.54, 1.807) is 12.4 Å². The van der Waals surface area contributed by atoms with E-state index in [4.69, 9.17) is 0 Å². The maximum absolute atomic E-state index is 13.3. The van der Waals surface area contributed by atoms with E-state index >= 15 is 0 Å². The number of hydrogen-bond donors (Lipinski definition) is 1. The predicted molar refractivity (Wildman–Crippen MR) is 114 cm³/mol. The summed E-state index contributed by atoms with van der Waals surface area (Å²) in [5, 5.41) is 3.01. The van der Waals surface area contributed by atoms with Crippen LogP contribution in [0.15, 0.2) is 42.7 Å². The van der Waals surface area contributed by atoms with Gasteiger partial charge in [0.05, 0.1) is 5.56 Å². The van der Waals surface area contributed by atoms with E-state index in [1.807, 2.05) is 83.7 Å². The largest absolute Gasteiger partial charge is 0.334 e. The van der Waals surface area contributed by atoms with Crippen molar-refractivity contribution in [2.24, 2.45) is 5.41 Å². The summed E-state index contributed by atoms with van der Waals surface area (Å²) in [7, 11) is 0. The van der Waals surface area contributed by atoms with Gasteiger partial charge < -0.3 is 10.2 Å². The molecule has 1 aromatic carbocycles. The molecule has 0 saturated heterocycles. The first-order valence-corrected chi connectivity index (χ1v) is 9.71. The number of nitrogens with one attached hydrogen (secondary N) is 1. The van der Waals surface area contributed by atoms with E-state index < -0.39 is 5.41 Å². The summed E-state index contributed by atoms with van der Waals surface area (Å²) in [6.07, 6.45) is 3.28. The summed E-state index contributed by atoms with van der Waals surface area (Å²) in [5.41, 5.74) is 2.26. The second-order valence-electron chi connectivity index (χ2n) is 8.57. The van der Waals surface area contributed by atoms with E-state index in [1.165, 1.54) is 0 Å². The molecular formula is C23H31N3O2. The SMILES string of the molecule is CC(C)N(C(=O)c1cnccc1-c1ccccc1NC(=O)C(C)(C)C)C(C)C. The second kappa shape index (κ2) is 8.55. The van der Waals surface area contributed by atoms with Gasteiger partial charge in [-0.2, -0.15) is 0 Å². The van der Waals surface area contributed by atoms with E-state index in [0.717, 1.165) is 11.1 Å². The maximum Gasteiger partial charge on any atom is 0.256 e. The molecule has 2 amide bonds. The molecule has 150 valence electrons. The van der Waals surface area contributed by atoms with Gasteiger partial charge in [0.2, 0.25) is 5.91 Å². The zero-order chi connectivity index (χ0) is 21.1. The van der Waals surface area contributed by atoms with Gasteiger partial charge in [0, 0.05) is 41.1 Å². The lowest BCUT2D eigenvalue weighted by Gasteiger charge is -2.31. The van der Waals surface area contributed by atoms with Crippen LogP contribution in [0.25, 0.3) is 11.1 Å². The molecule has 0 aliphatic rings. The number of anilines is 1. The number of nitrogens with zero attached hydrogens (tertiary/aromatic N) is 2. The maximum atomic E-state index is 13.3. The smallest absolute Gasteiger partial charge is 0.256 e. The average Bonchev–Trinajstić information content (AvgIpc) is 2.60. The number of benzene rings is 1. The van der Waals surface area contributed by atoms with Crippen molar-refractivity contribution in [2.45, 2.75) is 60.5 Å². The fourth-order valence-corrected chi connectivity index (χ4v) is 3.14. The average molecular weight is 382 g/mol. The number of carbonyl (C=O) groups excluding carboxylic acids is 2. The third kappa shape index (κ3) is 4.77. The van der Waals surface area contributed by atoms with Crippen LogP contribution in [0.5, 0.6) is 0 Å². The summed E-state index contributed by atoms with van der Waals surface area (Å²) < 4.78 is 0. The lowest BCUT2D eigenvalue weighted by atomic mass is 9.94. The van der Waals surface area contributed by atoms with Crippen LogP contribution in [0.3, 0.4) is 0 Å². The van der Waals surface area contributed by atoms with Crippen LogP contribution in [0.4, 0.5) is 5.69 Å². The van der Waals surface area contributed by atoms with E-state index in [-0.39, 0.29) is 23.9 Å². The normalized spacial score (nSPS) is 11.6. The Balaban J connectivity index is 2.54. The first-order valence-electron chi connectivity index (χ1n) is 9.71. The number of hydrogen-bond acceptors (Lipinski definition) is 3. The predicted octanol–water partition coefficient (Wildman–Crippen LogP) is 4.99. The molecule has 2 aromatic rings. The van der Waals surface area contributed by atoms with Crippen molar-refractivity contribution in [3.05, 3.63) is 48.3 Å². The molecule has 5 nitrogen and oxygen atoms in total. The molecular weight excluding hydrogens is 350 g/mol. The quantitative estimate of drug-likeness (QED) is 0.793. The molecule has 5 heteroatoms. The molecule has 1 N–H and O–H groups in total. The van der Waals surface area contributed by atoms with Crippen LogP contribution in [0.1, 0.15) is 58.8 Å². The fraction of sp³-hybridized carbons (Fsp3) is 0.435. The molecule has 28 heavy (non-hydrogen) atoms. The molecule has 1 heterocycles. The molecule has 1 aromatic heterocycles. The Morgan fingerprint density at radius 1 is 0.964 bits per heavy atom. The molecule has 0 bridgehead atoms. The fourth-order valence-electron chi connectivity index (χ4n) is 3.14. The minimum Gasteiger partial charge on any atom is -0.334 e. The van der Waals surface area contributed by atoms with Crippen molar-refractivity contribution < 1.29 is 9.59 Å². The van der Waals surface area contributed by atoms with Crippen LogP contribution in [-0.4, -0.2) is 33.8 Å². The van der Waals surface area contributed by atoms with Gasteiger partial charge in [-0.3, -0.25) is 14.6 Å². The lowest BCUT2D eigenvalue weighted by Crippen LogP contribution is -2.42. The summed E-state index contributed by atoms with van der Waals surface area (Å²) in [6, 6.07) is 9.51. The number of pyridine rings is 1. The van der Waals surface area contributed by atoms with Gasteiger partial charge in [-0.1, -0.05) is 39.0 Å². The number of para-hydroxylation sites is 1. The Hall–Kier alpha value is -2.69. The highest BCUT2D eigenvalue weighted by Crippen LogP contribution is 2.32. The molecule has 0 unspecified atom stereocenters. The van der Waals surface area contributed by atoms with Gasteiger partial charge in [-0.05, 0) is 45.4 Å². The first kappa shape index (κ1) is 21.6. The van der Waals surface area contributed by atoms with E-state index in [0.29, 0.717) is 11.3 Å². The van der Waals surface area contributed by atoms with Gasteiger partial charge >= 0.3 is 0 Å².